The van der Waals surface area contributed by atoms with E-state index in [-0.39, 0.29) is 0 Å². The molecule has 2 aromatic rings. The highest BCUT2D eigenvalue weighted by Crippen LogP contribution is 2.11. The van der Waals surface area contributed by atoms with Crippen LogP contribution in [0.3, 0.4) is 0 Å². The topological polar surface area (TPSA) is 71.2 Å². The van der Waals surface area contributed by atoms with Gasteiger partial charge in [0.05, 0.1) is 6.10 Å². The molecule has 1 aromatic carbocycles. The average Bonchev–Trinajstić information content (AvgIpc) is 2.46. The van der Waals surface area contributed by atoms with E-state index in [1.54, 1.807) is 12.4 Å². The average molecular weight is 257 g/mol. The maximum Gasteiger partial charge on any atom is 0.0929 e. The number of anilines is 1. The number of aliphatic hydroxyl groups is 1. The summed E-state index contributed by atoms with van der Waals surface area (Å²) in [5, 5.41) is 13.2. The van der Waals surface area contributed by atoms with Crippen LogP contribution in [0.25, 0.3) is 0 Å². The van der Waals surface area contributed by atoms with Gasteiger partial charge in [-0.2, -0.15) is 0 Å². The highest BCUT2D eigenvalue weighted by molar-refractivity contribution is 5.46. The van der Waals surface area contributed by atoms with Crippen LogP contribution >= 0.6 is 0 Å². The highest BCUT2D eigenvalue weighted by Gasteiger charge is 2.06. The number of aromatic nitrogens is 1. The van der Waals surface area contributed by atoms with Crippen LogP contribution in [0, 0.1) is 0 Å². The van der Waals surface area contributed by atoms with Crippen molar-refractivity contribution >= 4 is 5.69 Å². The number of pyridine rings is 1. The van der Waals surface area contributed by atoms with E-state index in [0.717, 1.165) is 29.8 Å². The number of hydrogen-bond acceptors (Lipinski definition) is 4. The summed E-state index contributed by atoms with van der Waals surface area (Å²) < 4.78 is 0. The molecule has 100 valence electrons. The van der Waals surface area contributed by atoms with E-state index in [1.807, 2.05) is 36.4 Å². The highest BCUT2D eigenvalue weighted by atomic mass is 16.3. The van der Waals surface area contributed by atoms with Gasteiger partial charge >= 0.3 is 0 Å². The third-order valence-corrected chi connectivity index (χ3v) is 3.03. The first kappa shape index (κ1) is 13.5. The second-order valence-electron chi connectivity index (χ2n) is 4.46. The number of rotatable bonds is 6. The van der Waals surface area contributed by atoms with E-state index >= 15 is 0 Å². The molecule has 0 amide bonds. The first-order valence-corrected chi connectivity index (χ1v) is 6.39. The molecule has 0 spiro atoms. The molecule has 0 aliphatic rings. The molecular formula is C15H19N3O. The van der Waals surface area contributed by atoms with Crippen molar-refractivity contribution in [2.75, 3.05) is 18.8 Å². The molecule has 19 heavy (non-hydrogen) atoms. The fraction of sp³-hybridized carbons (Fsp3) is 0.267. The number of nitrogens with zero attached hydrogens (tertiary/aromatic N) is 1. The number of aliphatic hydroxyl groups excluding tert-OH is 1. The van der Waals surface area contributed by atoms with Crippen LogP contribution in [0.1, 0.15) is 17.2 Å². The Morgan fingerprint density at radius 1 is 1.21 bits per heavy atom. The lowest BCUT2D eigenvalue weighted by molar-refractivity contribution is 0.174. The van der Waals surface area contributed by atoms with Crippen molar-refractivity contribution in [1.82, 2.24) is 10.3 Å². The molecular weight excluding hydrogens is 238 g/mol. The molecule has 0 aliphatic carbocycles. The van der Waals surface area contributed by atoms with Gasteiger partial charge in [0.1, 0.15) is 0 Å². The second-order valence-corrected chi connectivity index (χ2v) is 4.46. The van der Waals surface area contributed by atoms with Gasteiger partial charge in [-0.15, -0.1) is 0 Å². The zero-order chi connectivity index (χ0) is 13.5. The Hall–Kier alpha value is -1.91. The molecule has 0 radical (unpaired) electrons. The number of benzene rings is 1. The van der Waals surface area contributed by atoms with Gasteiger partial charge in [-0.1, -0.05) is 24.3 Å². The summed E-state index contributed by atoms with van der Waals surface area (Å²) in [6, 6.07) is 11.5. The van der Waals surface area contributed by atoms with Crippen LogP contribution < -0.4 is 11.1 Å². The van der Waals surface area contributed by atoms with Crippen LogP contribution in [-0.2, 0) is 6.42 Å². The second kappa shape index (κ2) is 6.87. The minimum absolute atomic E-state index is 0.512. The lowest BCUT2D eigenvalue weighted by Crippen LogP contribution is -2.24. The van der Waals surface area contributed by atoms with Gasteiger partial charge in [-0.3, -0.25) is 4.98 Å². The predicted molar refractivity (Wildman–Crippen MR) is 76.6 cm³/mol. The van der Waals surface area contributed by atoms with Crippen molar-refractivity contribution in [2.45, 2.75) is 12.5 Å². The predicted octanol–water partition coefficient (Wildman–Crippen LogP) is 1.53. The summed E-state index contributed by atoms with van der Waals surface area (Å²) >= 11 is 0. The first-order valence-electron chi connectivity index (χ1n) is 6.39. The fourth-order valence-electron chi connectivity index (χ4n) is 1.91. The number of nitrogens with one attached hydrogen (secondary N) is 1. The van der Waals surface area contributed by atoms with Gasteiger partial charge in [-0.25, -0.2) is 0 Å². The fourth-order valence-corrected chi connectivity index (χ4v) is 1.91. The quantitative estimate of drug-likeness (QED) is 0.542. The molecule has 4 heteroatoms. The molecule has 0 fully saturated rings. The number of nitrogen functional groups attached to an aromatic ring is 1. The number of hydrogen-bond donors (Lipinski definition) is 3. The molecule has 1 atom stereocenters. The van der Waals surface area contributed by atoms with Gasteiger partial charge < -0.3 is 16.2 Å². The summed E-state index contributed by atoms with van der Waals surface area (Å²) in [7, 11) is 0. The maximum atomic E-state index is 9.95. The summed E-state index contributed by atoms with van der Waals surface area (Å²) in [6.07, 6.45) is 3.71. The SMILES string of the molecule is Nc1ccccc1CCNCC(O)c1cccnc1. The Balaban J connectivity index is 1.74. The van der Waals surface area contributed by atoms with E-state index in [9.17, 15) is 5.11 Å². The van der Waals surface area contributed by atoms with Crippen LogP contribution in [0.15, 0.2) is 48.8 Å². The number of para-hydroxylation sites is 1. The van der Waals surface area contributed by atoms with Gasteiger partial charge in [0, 0.05) is 30.2 Å². The van der Waals surface area contributed by atoms with Crippen LogP contribution in [0.4, 0.5) is 5.69 Å². The zero-order valence-electron chi connectivity index (χ0n) is 10.8. The zero-order valence-corrected chi connectivity index (χ0v) is 10.8. The van der Waals surface area contributed by atoms with E-state index in [0.29, 0.717) is 6.54 Å². The minimum Gasteiger partial charge on any atom is -0.399 e. The number of nitrogens with two attached hydrogens (primary N) is 1. The van der Waals surface area contributed by atoms with E-state index in [2.05, 4.69) is 10.3 Å². The van der Waals surface area contributed by atoms with Gasteiger partial charge in [-0.05, 0) is 30.7 Å². The van der Waals surface area contributed by atoms with Crippen molar-refractivity contribution in [1.29, 1.82) is 0 Å². The van der Waals surface area contributed by atoms with Gasteiger partial charge in [0.2, 0.25) is 0 Å². The lowest BCUT2D eigenvalue weighted by atomic mass is 10.1. The third-order valence-electron chi connectivity index (χ3n) is 3.03. The van der Waals surface area contributed by atoms with Crippen molar-refractivity contribution in [3.8, 4) is 0 Å². The Morgan fingerprint density at radius 3 is 2.79 bits per heavy atom. The standard InChI is InChI=1S/C15H19N3O/c16-14-6-2-1-4-12(14)7-9-18-11-15(19)13-5-3-8-17-10-13/h1-6,8,10,15,18-19H,7,9,11,16H2. The van der Waals surface area contributed by atoms with Crippen LogP contribution in [-0.4, -0.2) is 23.2 Å². The largest absolute Gasteiger partial charge is 0.399 e. The van der Waals surface area contributed by atoms with Crippen molar-refractivity contribution < 1.29 is 5.11 Å². The molecule has 4 nitrogen and oxygen atoms in total. The Bertz CT molecular complexity index is 502. The normalized spacial score (nSPS) is 12.3. The third kappa shape index (κ3) is 4.05. The molecule has 4 N–H and O–H groups in total. The molecule has 2 rings (SSSR count). The molecule has 0 bridgehead atoms. The van der Waals surface area contributed by atoms with E-state index in [4.69, 9.17) is 5.73 Å². The summed E-state index contributed by atoms with van der Waals surface area (Å²) in [5.41, 5.74) is 8.64. The molecule has 1 unspecified atom stereocenters. The Morgan fingerprint density at radius 2 is 2.05 bits per heavy atom. The minimum atomic E-state index is -0.526. The summed E-state index contributed by atoms with van der Waals surface area (Å²) in [5.74, 6) is 0. The summed E-state index contributed by atoms with van der Waals surface area (Å²) in [6.45, 7) is 1.30. The van der Waals surface area contributed by atoms with Crippen molar-refractivity contribution in [2.24, 2.45) is 0 Å². The smallest absolute Gasteiger partial charge is 0.0929 e. The van der Waals surface area contributed by atoms with E-state index < -0.39 is 6.10 Å². The molecule has 0 aliphatic heterocycles. The molecule has 1 aromatic heterocycles. The molecule has 0 saturated carbocycles. The van der Waals surface area contributed by atoms with Crippen molar-refractivity contribution in [3.05, 3.63) is 59.9 Å². The van der Waals surface area contributed by atoms with Crippen LogP contribution in [0.5, 0.6) is 0 Å². The van der Waals surface area contributed by atoms with E-state index in [1.165, 1.54) is 0 Å². The Kier molecular flexibility index (Phi) is 4.89. The molecule has 0 saturated heterocycles. The van der Waals surface area contributed by atoms with Gasteiger partial charge in [0.25, 0.3) is 0 Å². The van der Waals surface area contributed by atoms with Gasteiger partial charge in [0.15, 0.2) is 0 Å². The van der Waals surface area contributed by atoms with Crippen molar-refractivity contribution in [3.63, 3.8) is 0 Å². The maximum absolute atomic E-state index is 9.95. The Labute approximate surface area is 113 Å². The first-order chi connectivity index (χ1) is 9.27. The monoisotopic (exact) mass is 257 g/mol. The van der Waals surface area contributed by atoms with Crippen LogP contribution in [0.2, 0.25) is 0 Å². The lowest BCUT2D eigenvalue weighted by Gasteiger charge is -2.12. The molecule has 1 heterocycles. The summed E-state index contributed by atoms with van der Waals surface area (Å²) in [4.78, 5) is 3.99.